The van der Waals surface area contributed by atoms with Gasteiger partial charge in [-0.2, -0.15) is 0 Å². The molecule has 0 atom stereocenters. The highest BCUT2D eigenvalue weighted by atomic mass is 16.2. The minimum atomic E-state index is -0.654. The molecule has 0 aliphatic heterocycles. The van der Waals surface area contributed by atoms with Crippen LogP contribution in [0, 0.1) is 6.92 Å². The number of ketones is 1. The monoisotopic (exact) mass is 352 g/mol. The highest BCUT2D eigenvalue weighted by Crippen LogP contribution is 2.29. The zero-order valence-corrected chi connectivity index (χ0v) is 14.5. The molecule has 1 aliphatic rings. The van der Waals surface area contributed by atoms with E-state index < -0.39 is 11.7 Å². The summed E-state index contributed by atoms with van der Waals surface area (Å²) in [5.41, 5.74) is 1.93. The lowest BCUT2D eigenvalue weighted by Gasteiger charge is -2.11. The highest BCUT2D eigenvalue weighted by Gasteiger charge is 2.25. The molecule has 1 saturated carbocycles. The van der Waals surface area contributed by atoms with E-state index in [9.17, 15) is 9.59 Å². The lowest BCUT2D eigenvalue weighted by Crippen LogP contribution is -2.32. The Morgan fingerprint density at radius 3 is 2.85 bits per heavy atom. The van der Waals surface area contributed by atoms with Gasteiger partial charge in [-0.15, -0.1) is 5.10 Å². The molecule has 8 nitrogen and oxygen atoms in total. The van der Waals surface area contributed by atoms with Crippen LogP contribution >= 0.6 is 0 Å². The van der Waals surface area contributed by atoms with Gasteiger partial charge in [-0.1, -0.05) is 31.0 Å². The number of aryl methyl sites for hydroxylation is 1. The second-order valence-electron chi connectivity index (χ2n) is 6.66. The van der Waals surface area contributed by atoms with Crippen LogP contribution < -0.4 is 5.32 Å². The minimum Gasteiger partial charge on any atom is -0.358 e. The Hall–Kier alpha value is -3.03. The lowest BCUT2D eigenvalue weighted by atomic mass is 10.1. The largest absolute Gasteiger partial charge is 0.358 e. The molecule has 3 aromatic rings. The van der Waals surface area contributed by atoms with E-state index in [-0.39, 0.29) is 12.6 Å². The molecule has 0 unspecified atom stereocenters. The van der Waals surface area contributed by atoms with Gasteiger partial charge in [0, 0.05) is 16.6 Å². The summed E-state index contributed by atoms with van der Waals surface area (Å²) in [4.78, 5) is 28.2. The third-order valence-corrected chi connectivity index (χ3v) is 4.97. The van der Waals surface area contributed by atoms with Crippen molar-refractivity contribution in [3.8, 4) is 0 Å². The quantitative estimate of drug-likeness (QED) is 0.540. The third-order valence-electron chi connectivity index (χ3n) is 4.97. The van der Waals surface area contributed by atoms with Crippen LogP contribution in [0.25, 0.3) is 10.9 Å². The summed E-state index contributed by atoms with van der Waals surface area (Å²) < 4.78 is 1.77. The summed E-state index contributed by atoms with van der Waals surface area (Å²) in [5, 5.41) is 15.2. The van der Waals surface area contributed by atoms with Gasteiger partial charge in [0.2, 0.25) is 0 Å². The fourth-order valence-corrected chi connectivity index (χ4v) is 3.68. The number of H-pyrrole nitrogens is 1. The summed E-state index contributed by atoms with van der Waals surface area (Å²) in [6, 6.07) is 7.73. The molecular formula is C18H20N6O2. The average molecular weight is 352 g/mol. The second-order valence-corrected chi connectivity index (χ2v) is 6.66. The number of carbonyl (C=O) groups is 2. The number of nitrogens with one attached hydrogen (secondary N) is 2. The van der Waals surface area contributed by atoms with Crippen LogP contribution in [0.1, 0.15) is 53.6 Å². The van der Waals surface area contributed by atoms with Crippen molar-refractivity contribution < 1.29 is 9.59 Å². The molecule has 134 valence electrons. The predicted octanol–water partition coefficient (Wildman–Crippen LogP) is 2.08. The molecule has 0 saturated heterocycles. The minimum absolute atomic E-state index is 0.134. The lowest BCUT2D eigenvalue weighted by molar-refractivity contribution is -0.117. The molecule has 1 aliphatic carbocycles. The summed E-state index contributed by atoms with van der Waals surface area (Å²) in [6.45, 7) is 1.93. The molecule has 0 spiro atoms. The smallest absolute Gasteiger partial charge is 0.292 e. The van der Waals surface area contributed by atoms with E-state index in [4.69, 9.17) is 0 Å². The highest BCUT2D eigenvalue weighted by molar-refractivity contribution is 6.45. The summed E-state index contributed by atoms with van der Waals surface area (Å²) >= 11 is 0. The standard InChI is InChI=1S/C18H20N6O2/c1-11-16(13-8-4-5-9-14(13)20-11)17(25)18(26)19-10-15-21-22-23-24(15)12-6-2-3-7-12/h4-5,8-9,12,20H,2-3,6-7,10H2,1H3,(H,19,26). The maximum atomic E-state index is 12.7. The summed E-state index contributed by atoms with van der Waals surface area (Å²) in [6.07, 6.45) is 4.40. The number of carbonyl (C=O) groups excluding carboxylic acids is 2. The number of nitrogens with zero attached hydrogens (tertiary/aromatic N) is 4. The van der Waals surface area contributed by atoms with E-state index in [2.05, 4.69) is 25.8 Å². The number of hydrogen-bond acceptors (Lipinski definition) is 5. The number of amides is 1. The van der Waals surface area contributed by atoms with Gasteiger partial charge in [-0.25, -0.2) is 4.68 Å². The van der Waals surface area contributed by atoms with E-state index in [1.54, 1.807) is 11.6 Å². The number of benzene rings is 1. The molecule has 8 heteroatoms. The number of rotatable bonds is 5. The molecule has 0 radical (unpaired) electrons. The topological polar surface area (TPSA) is 106 Å². The number of fused-ring (bicyclic) bond motifs is 1. The Balaban J connectivity index is 1.49. The van der Waals surface area contributed by atoms with Crippen LogP contribution in [-0.4, -0.2) is 36.9 Å². The summed E-state index contributed by atoms with van der Waals surface area (Å²) in [7, 11) is 0. The normalized spacial score (nSPS) is 14.8. The van der Waals surface area contributed by atoms with Crippen LogP contribution in [0.4, 0.5) is 0 Å². The van der Waals surface area contributed by atoms with Crippen molar-refractivity contribution >= 4 is 22.6 Å². The van der Waals surface area contributed by atoms with Crippen LogP contribution in [0.2, 0.25) is 0 Å². The first-order chi connectivity index (χ1) is 12.6. The van der Waals surface area contributed by atoms with E-state index in [1.807, 2.05) is 24.3 Å². The Bertz CT molecular complexity index is 967. The van der Waals surface area contributed by atoms with Gasteiger partial charge < -0.3 is 10.3 Å². The fraction of sp³-hybridized carbons (Fsp3) is 0.389. The number of tetrazole rings is 1. The van der Waals surface area contributed by atoms with Crippen molar-refractivity contribution in [2.45, 2.75) is 45.2 Å². The van der Waals surface area contributed by atoms with Gasteiger partial charge in [-0.3, -0.25) is 9.59 Å². The van der Waals surface area contributed by atoms with Crippen molar-refractivity contribution in [3.63, 3.8) is 0 Å². The zero-order chi connectivity index (χ0) is 18.1. The number of Topliss-reactive ketones (excluding diaryl/α,β-unsaturated/α-hetero) is 1. The molecule has 2 heterocycles. The van der Waals surface area contributed by atoms with Crippen LogP contribution in [-0.2, 0) is 11.3 Å². The van der Waals surface area contributed by atoms with Gasteiger partial charge >= 0.3 is 0 Å². The van der Waals surface area contributed by atoms with Crippen molar-refractivity contribution in [1.82, 2.24) is 30.5 Å². The van der Waals surface area contributed by atoms with E-state index >= 15 is 0 Å². The van der Waals surface area contributed by atoms with E-state index in [0.717, 1.165) is 36.6 Å². The Labute approximate surface area is 150 Å². The Morgan fingerprint density at radius 2 is 2.04 bits per heavy atom. The van der Waals surface area contributed by atoms with Crippen molar-refractivity contribution in [1.29, 1.82) is 0 Å². The molecule has 1 fully saturated rings. The van der Waals surface area contributed by atoms with Crippen molar-refractivity contribution in [3.05, 3.63) is 41.3 Å². The average Bonchev–Trinajstić information content (AvgIpc) is 3.37. The van der Waals surface area contributed by atoms with Crippen molar-refractivity contribution in [2.24, 2.45) is 0 Å². The maximum absolute atomic E-state index is 12.7. The molecule has 4 rings (SSSR count). The summed E-state index contributed by atoms with van der Waals surface area (Å²) in [5.74, 6) is -0.632. The first-order valence-electron chi connectivity index (χ1n) is 8.81. The number of aromatic nitrogens is 5. The number of para-hydroxylation sites is 1. The SMILES string of the molecule is Cc1[nH]c2ccccc2c1C(=O)C(=O)NCc1nnnn1C1CCCC1. The molecule has 2 aromatic heterocycles. The molecule has 0 bridgehead atoms. The van der Waals surface area contributed by atoms with E-state index in [1.165, 1.54) is 0 Å². The van der Waals surface area contributed by atoms with Gasteiger partial charge in [0.25, 0.3) is 11.7 Å². The van der Waals surface area contributed by atoms with Crippen LogP contribution in [0.15, 0.2) is 24.3 Å². The van der Waals surface area contributed by atoms with Gasteiger partial charge in [-0.05, 0) is 36.3 Å². The van der Waals surface area contributed by atoms with Gasteiger partial charge in [0.15, 0.2) is 5.82 Å². The first kappa shape index (κ1) is 16.4. The molecular weight excluding hydrogens is 332 g/mol. The first-order valence-corrected chi connectivity index (χ1v) is 8.81. The maximum Gasteiger partial charge on any atom is 0.292 e. The number of hydrogen-bond donors (Lipinski definition) is 2. The number of aromatic amines is 1. The molecule has 1 aromatic carbocycles. The second kappa shape index (κ2) is 6.70. The fourth-order valence-electron chi connectivity index (χ4n) is 3.68. The predicted molar refractivity (Wildman–Crippen MR) is 94.5 cm³/mol. The van der Waals surface area contributed by atoms with Crippen LogP contribution in [0.3, 0.4) is 0 Å². The third kappa shape index (κ3) is 2.87. The molecule has 26 heavy (non-hydrogen) atoms. The van der Waals surface area contributed by atoms with Gasteiger partial charge in [0.1, 0.15) is 0 Å². The zero-order valence-electron chi connectivity index (χ0n) is 14.5. The molecule has 2 N–H and O–H groups in total. The van der Waals surface area contributed by atoms with E-state index in [0.29, 0.717) is 17.1 Å². The Kier molecular flexibility index (Phi) is 4.24. The molecule has 1 amide bonds. The van der Waals surface area contributed by atoms with Crippen LogP contribution in [0.5, 0.6) is 0 Å². The van der Waals surface area contributed by atoms with Crippen molar-refractivity contribution in [2.75, 3.05) is 0 Å². The van der Waals surface area contributed by atoms with Gasteiger partial charge in [0.05, 0.1) is 18.2 Å². The Morgan fingerprint density at radius 1 is 1.27 bits per heavy atom.